The lowest BCUT2D eigenvalue weighted by Gasteiger charge is -2.38. The molecule has 4 heteroatoms. The average Bonchev–Trinajstić information content (AvgIpc) is 2.70. The fourth-order valence-electron chi connectivity index (χ4n) is 4.00. The van der Waals surface area contributed by atoms with Gasteiger partial charge in [-0.15, -0.1) is 0 Å². The van der Waals surface area contributed by atoms with E-state index in [1.165, 1.54) is 18.4 Å². The summed E-state index contributed by atoms with van der Waals surface area (Å²) in [5, 5.41) is 8.98. The number of rotatable bonds is 5. The van der Waals surface area contributed by atoms with Gasteiger partial charge in [-0.1, -0.05) is 12.1 Å². The topological polar surface area (TPSA) is 49.8 Å². The lowest BCUT2D eigenvalue weighted by Crippen LogP contribution is -2.42. The number of carboxylic acids is 1. The molecule has 1 aromatic carbocycles. The van der Waals surface area contributed by atoms with Crippen LogP contribution < -0.4 is 4.74 Å². The zero-order valence-corrected chi connectivity index (χ0v) is 12.5. The Labute approximate surface area is 125 Å². The number of benzene rings is 1. The maximum atomic E-state index is 10.9. The highest BCUT2D eigenvalue weighted by molar-refractivity contribution is 5.67. The van der Waals surface area contributed by atoms with Gasteiger partial charge >= 0.3 is 5.97 Å². The molecule has 2 unspecified atom stereocenters. The molecule has 1 N–H and O–H groups in total. The Morgan fingerprint density at radius 1 is 1.24 bits per heavy atom. The van der Waals surface area contributed by atoms with Crippen molar-refractivity contribution in [3.63, 3.8) is 0 Å². The number of piperidine rings is 1. The van der Waals surface area contributed by atoms with Crippen LogP contribution in [-0.4, -0.2) is 35.2 Å². The zero-order chi connectivity index (χ0) is 14.8. The van der Waals surface area contributed by atoms with Crippen LogP contribution in [0.1, 0.15) is 37.7 Å². The van der Waals surface area contributed by atoms with Gasteiger partial charge in [0.25, 0.3) is 0 Å². The maximum absolute atomic E-state index is 10.9. The SMILES string of the molecule is COc1ccc(CN2C3CCC2CC(CC(=O)O)C3)cc1. The minimum atomic E-state index is -0.650. The van der Waals surface area contributed by atoms with Gasteiger partial charge < -0.3 is 9.84 Å². The molecule has 4 nitrogen and oxygen atoms in total. The van der Waals surface area contributed by atoms with Crippen LogP contribution in [-0.2, 0) is 11.3 Å². The smallest absolute Gasteiger partial charge is 0.303 e. The molecule has 2 fully saturated rings. The molecule has 1 aromatic rings. The second kappa shape index (κ2) is 6.06. The minimum Gasteiger partial charge on any atom is -0.497 e. The van der Waals surface area contributed by atoms with E-state index >= 15 is 0 Å². The molecule has 2 atom stereocenters. The molecule has 2 bridgehead atoms. The van der Waals surface area contributed by atoms with Crippen molar-refractivity contribution in [2.24, 2.45) is 5.92 Å². The fourth-order valence-corrected chi connectivity index (χ4v) is 4.00. The third-order valence-corrected chi connectivity index (χ3v) is 4.97. The predicted octanol–water partition coefficient (Wildman–Crippen LogP) is 2.91. The van der Waals surface area contributed by atoms with Gasteiger partial charge in [0.15, 0.2) is 0 Å². The van der Waals surface area contributed by atoms with Crippen molar-refractivity contribution in [3.05, 3.63) is 29.8 Å². The van der Waals surface area contributed by atoms with Crippen LogP contribution in [0.15, 0.2) is 24.3 Å². The molecular weight excluding hydrogens is 266 g/mol. The molecule has 3 rings (SSSR count). The van der Waals surface area contributed by atoms with Crippen LogP contribution >= 0.6 is 0 Å². The summed E-state index contributed by atoms with van der Waals surface area (Å²) in [5.74, 6) is 0.608. The minimum absolute atomic E-state index is 0.337. The molecule has 114 valence electrons. The average molecular weight is 289 g/mol. The summed E-state index contributed by atoms with van der Waals surface area (Å²) in [4.78, 5) is 13.5. The Kier molecular flexibility index (Phi) is 4.15. The number of fused-ring (bicyclic) bond motifs is 2. The summed E-state index contributed by atoms with van der Waals surface area (Å²) in [6.45, 7) is 0.971. The number of hydrogen-bond acceptors (Lipinski definition) is 3. The van der Waals surface area contributed by atoms with Crippen LogP contribution in [0.5, 0.6) is 5.75 Å². The van der Waals surface area contributed by atoms with Crippen LogP contribution in [0.25, 0.3) is 0 Å². The molecule has 0 aliphatic carbocycles. The van der Waals surface area contributed by atoms with Crippen molar-refractivity contribution in [1.82, 2.24) is 4.90 Å². The Hall–Kier alpha value is -1.55. The van der Waals surface area contributed by atoms with Crippen molar-refractivity contribution in [3.8, 4) is 5.75 Å². The van der Waals surface area contributed by atoms with E-state index in [1.807, 2.05) is 12.1 Å². The number of hydrogen-bond donors (Lipinski definition) is 1. The normalized spacial score (nSPS) is 28.5. The largest absolute Gasteiger partial charge is 0.497 e. The first-order valence-corrected chi connectivity index (χ1v) is 7.76. The zero-order valence-electron chi connectivity index (χ0n) is 12.5. The van der Waals surface area contributed by atoms with Crippen molar-refractivity contribution < 1.29 is 14.6 Å². The van der Waals surface area contributed by atoms with E-state index in [9.17, 15) is 4.79 Å². The van der Waals surface area contributed by atoms with Crippen LogP contribution in [0.2, 0.25) is 0 Å². The number of ether oxygens (including phenoxy) is 1. The van der Waals surface area contributed by atoms with Crippen molar-refractivity contribution >= 4 is 5.97 Å². The Bertz CT molecular complexity index is 485. The molecule has 0 radical (unpaired) electrons. The van der Waals surface area contributed by atoms with Gasteiger partial charge in [-0.05, 0) is 49.3 Å². The number of nitrogens with zero attached hydrogens (tertiary/aromatic N) is 1. The monoisotopic (exact) mass is 289 g/mol. The lowest BCUT2D eigenvalue weighted by molar-refractivity contribution is -0.138. The molecule has 2 heterocycles. The van der Waals surface area contributed by atoms with E-state index in [4.69, 9.17) is 9.84 Å². The third kappa shape index (κ3) is 3.21. The summed E-state index contributed by atoms with van der Waals surface area (Å²) < 4.78 is 5.20. The molecule has 0 amide bonds. The highest BCUT2D eigenvalue weighted by Gasteiger charge is 2.40. The Morgan fingerprint density at radius 2 is 1.86 bits per heavy atom. The summed E-state index contributed by atoms with van der Waals surface area (Å²) >= 11 is 0. The maximum Gasteiger partial charge on any atom is 0.303 e. The summed E-state index contributed by atoms with van der Waals surface area (Å²) in [5.41, 5.74) is 1.31. The summed E-state index contributed by atoms with van der Waals surface area (Å²) in [6.07, 6.45) is 4.86. The van der Waals surface area contributed by atoms with Gasteiger partial charge in [-0.2, -0.15) is 0 Å². The Morgan fingerprint density at radius 3 is 2.38 bits per heavy atom. The van der Waals surface area contributed by atoms with Crippen LogP contribution in [0.3, 0.4) is 0 Å². The second-order valence-corrected chi connectivity index (χ2v) is 6.34. The van der Waals surface area contributed by atoms with E-state index in [2.05, 4.69) is 17.0 Å². The van der Waals surface area contributed by atoms with E-state index in [0.29, 0.717) is 24.4 Å². The fraction of sp³-hybridized carbons (Fsp3) is 0.588. The van der Waals surface area contributed by atoms with Gasteiger partial charge in [-0.3, -0.25) is 9.69 Å². The molecular formula is C17H23NO3. The van der Waals surface area contributed by atoms with Crippen molar-refractivity contribution in [1.29, 1.82) is 0 Å². The number of methoxy groups -OCH3 is 1. The van der Waals surface area contributed by atoms with Crippen LogP contribution in [0, 0.1) is 5.92 Å². The quantitative estimate of drug-likeness (QED) is 0.905. The molecule has 0 aromatic heterocycles. The van der Waals surface area contributed by atoms with Gasteiger partial charge in [0.05, 0.1) is 7.11 Å². The summed E-state index contributed by atoms with van der Waals surface area (Å²) in [6, 6.07) is 9.40. The van der Waals surface area contributed by atoms with Gasteiger partial charge in [-0.25, -0.2) is 0 Å². The van der Waals surface area contributed by atoms with Crippen molar-refractivity contribution in [2.75, 3.05) is 7.11 Å². The van der Waals surface area contributed by atoms with Crippen LogP contribution in [0.4, 0.5) is 0 Å². The molecule has 2 aliphatic rings. The molecule has 2 saturated heterocycles. The van der Waals surface area contributed by atoms with Gasteiger partial charge in [0.1, 0.15) is 5.75 Å². The second-order valence-electron chi connectivity index (χ2n) is 6.34. The Balaban J connectivity index is 1.63. The first kappa shape index (κ1) is 14.4. The standard InChI is InChI=1S/C17H23NO3/c1-21-16-6-2-12(3-7-16)11-18-14-4-5-15(18)9-13(8-14)10-17(19)20/h2-3,6-7,13-15H,4-5,8-11H2,1H3,(H,19,20). The number of carboxylic acid groups (broad SMARTS) is 1. The molecule has 0 spiro atoms. The molecule has 2 aliphatic heterocycles. The predicted molar refractivity (Wildman–Crippen MR) is 80.3 cm³/mol. The highest BCUT2D eigenvalue weighted by Crippen LogP contribution is 2.40. The molecule has 21 heavy (non-hydrogen) atoms. The molecule has 0 saturated carbocycles. The van der Waals surface area contributed by atoms with E-state index in [1.54, 1.807) is 7.11 Å². The summed E-state index contributed by atoms with van der Waals surface area (Å²) in [7, 11) is 1.68. The van der Waals surface area contributed by atoms with E-state index < -0.39 is 5.97 Å². The highest BCUT2D eigenvalue weighted by atomic mass is 16.5. The van der Waals surface area contributed by atoms with E-state index in [-0.39, 0.29) is 0 Å². The van der Waals surface area contributed by atoms with Gasteiger partial charge in [0.2, 0.25) is 0 Å². The third-order valence-electron chi connectivity index (χ3n) is 4.97. The first-order chi connectivity index (χ1) is 10.2. The van der Waals surface area contributed by atoms with Gasteiger partial charge in [0, 0.05) is 25.0 Å². The number of aliphatic carboxylic acids is 1. The lowest BCUT2D eigenvalue weighted by atomic mass is 9.88. The van der Waals surface area contributed by atoms with Crippen molar-refractivity contribution in [2.45, 2.75) is 50.7 Å². The first-order valence-electron chi connectivity index (χ1n) is 7.76. The number of carbonyl (C=O) groups is 1. The van der Waals surface area contributed by atoms with E-state index in [0.717, 1.165) is 25.1 Å².